The molecule has 2 unspecified atom stereocenters. The average molecular weight is 538 g/mol. The second kappa shape index (κ2) is 10.1. The molecule has 2 heterocycles. The van der Waals surface area contributed by atoms with Crippen molar-refractivity contribution in [3.8, 4) is 0 Å². The standard InChI is InChI=1S/C31H31N5O4/c1-17-11-13-24(19(3)15-17)34-30(37)27(21(5)32-34)29(23-9-7-8-10-26(23)36(39)40)28-22(6)33-35(31(28)38)25-14-12-18(2)16-20(25)4/h7-16,27-29H,1-6H3. The van der Waals surface area contributed by atoms with E-state index in [2.05, 4.69) is 10.2 Å². The fraction of sp³-hybridized carbons (Fsp3) is 0.290. The van der Waals surface area contributed by atoms with Crippen molar-refractivity contribution in [3.63, 3.8) is 0 Å². The Morgan fingerprint density at radius 1 is 0.725 bits per heavy atom. The maximum atomic E-state index is 14.1. The zero-order valence-electron chi connectivity index (χ0n) is 23.4. The summed E-state index contributed by atoms with van der Waals surface area (Å²) in [7, 11) is 0. The highest BCUT2D eigenvalue weighted by Crippen LogP contribution is 2.45. The van der Waals surface area contributed by atoms with E-state index < -0.39 is 22.7 Å². The fourth-order valence-electron chi connectivity index (χ4n) is 5.90. The number of nitro benzene ring substituents is 1. The molecule has 5 rings (SSSR count). The van der Waals surface area contributed by atoms with E-state index in [4.69, 9.17) is 0 Å². The van der Waals surface area contributed by atoms with Gasteiger partial charge in [0.25, 0.3) is 17.5 Å². The van der Waals surface area contributed by atoms with E-state index >= 15 is 0 Å². The highest BCUT2D eigenvalue weighted by Gasteiger charge is 2.51. The number of amides is 2. The molecule has 2 atom stereocenters. The summed E-state index contributed by atoms with van der Waals surface area (Å²) in [5.74, 6) is -3.36. The zero-order valence-corrected chi connectivity index (χ0v) is 23.4. The van der Waals surface area contributed by atoms with Crippen molar-refractivity contribution in [1.82, 2.24) is 0 Å². The topological polar surface area (TPSA) is 108 Å². The van der Waals surface area contributed by atoms with Crippen LogP contribution in [0.1, 0.15) is 47.6 Å². The maximum Gasteiger partial charge on any atom is 0.272 e. The Morgan fingerprint density at radius 2 is 1.18 bits per heavy atom. The first-order chi connectivity index (χ1) is 19.0. The predicted molar refractivity (Wildman–Crippen MR) is 156 cm³/mol. The Hall–Kier alpha value is -4.66. The molecule has 9 heteroatoms. The van der Waals surface area contributed by atoms with Crippen LogP contribution in [0.25, 0.3) is 0 Å². The van der Waals surface area contributed by atoms with Gasteiger partial charge in [0.1, 0.15) is 0 Å². The number of hydrogen-bond donors (Lipinski definition) is 0. The number of para-hydroxylation sites is 1. The van der Waals surface area contributed by atoms with Crippen LogP contribution < -0.4 is 10.0 Å². The molecule has 0 N–H and O–H groups in total. The molecule has 3 aromatic carbocycles. The Morgan fingerprint density at radius 3 is 1.60 bits per heavy atom. The molecule has 0 fully saturated rings. The second-order valence-corrected chi connectivity index (χ2v) is 10.7. The quantitative estimate of drug-likeness (QED) is 0.284. The highest BCUT2D eigenvalue weighted by atomic mass is 16.6. The van der Waals surface area contributed by atoms with Crippen LogP contribution in [-0.2, 0) is 9.59 Å². The van der Waals surface area contributed by atoms with Crippen molar-refractivity contribution in [2.75, 3.05) is 10.0 Å². The number of aryl methyl sites for hydroxylation is 4. The molecule has 0 radical (unpaired) electrons. The van der Waals surface area contributed by atoms with E-state index in [1.807, 2.05) is 64.1 Å². The lowest BCUT2D eigenvalue weighted by Gasteiger charge is -2.28. The number of nitro groups is 1. The van der Waals surface area contributed by atoms with E-state index in [9.17, 15) is 19.7 Å². The number of hydrogen-bond acceptors (Lipinski definition) is 6. The molecule has 0 spiro atoms. The average Bonchev–Trinajstić information content (AvgIpc) is 3.34. The van der Waals surface area contributed by atoms with Crippen LogP contribution >= 0.6 is 0 Å². The number of carbonyl (C=O) groups excluding carboxylic acids is 2. The van der Waals surface area contributed by atoms with Crippen LogP contribution in [0, 0.1) is 49.6 Å². The van der Waals surface area contributed by atoms with Gasteiger partial charge in [0.05, 0.1) is 28.1 Å². The van der Waals surface area contributed by atoms with Gasteiger partial charge in [-0.1, -0.05) is 53.6 Å². The molecule has 2 amide bonds. The second-order valence-electron chi connectivity index (χ2n) is 10.7. The van der Waals surface area contributed by atoms with Gasteiger partial charge in [0, 0.05) is 29.0 Å². The van der Waals surface area contributed by atoms with Crippen molar-refractivity contribution in [2.45, 2.75) is 47.5 Å². The molecule has 204 valence electrons. The molecule has 0 aromatic heterocycles. The normalized spacial score (nSPS) is 19.6. The first-order valence-electron chi connectivity index (χ1n) is 13.2. The smallest absolute Gasteiger partial charge is 0.272 e. The molecular formula is C31H31N5O4. The molecule has 2 aliphatic heterocycles. The van der Waals surface area contributed by atoms with E-state index in [1.165, 1.54) is 16.1 Å². The highest BCUT2D eigenvalue weighted by molar-refractivity contribution is 6.20. The first-order valence-corrected chi connectivity index (χ1v) is 13.2. The first kappa shape index (κ1) is 26.9. The van der Waals surface area contributed by atoms with Crippen LogP contribution in [-0.4, -0.2) is 28.2 Å². The zero-order chi connectivity index (χ0) is 28.9. The SMILES string of the molecule is CC1=NN(c2ccc(C)cc2C)C(=O)C1C(c1ccccc1[N+](=O)[O-])C1C(=O)N(c2ccc(C)cc2C)N=C1C. The largest absolute Gasteiger partial charge is 0.272 e. The Labute approximate surface area is 233 Å². The van der Waals surface area contributed by atoms with Gasteiger partial charge in [-0.05, 0) is 64.8 Å². The van der Waals surface area contributed by atoms with E-state index in [-0.39, 0.29) is 17.5 Å². The van der Waals surface area contributed by atoms with Crippen LogP contribution in [0.3, 0.4) is 0 Å². The van der Waals surface area contributed by atoms with Gasteiger partial charge in [-0.2, -0.15) is 20.2 Å². The summed E-state index contributed by atoms with van der Waals surface area (Å²) >= 11 is 0. The Bertz CT molecular complexity index is 1530. The van der Waals surface area contributed by atoms with Crippen molar-refractivity contribution >= 4 is 40.3 Å². The number of benzene rings is 3. The number of carbonyl (C=O) groups is 2. The Kier molecular flexibility index (Phi) is 6.83. The van der Waals surface area contributed by atoms with E-state index in [0.29, 0.717) is 28.4 Å². The third kappa shape index (κ3) is 4.47. The predicted octanol–water partition coefficient (Wildman–Crippen LogP) is 5.99. The number of hydrazone groups is 2. The van der Waals surface area contributed by atoms with Crippen LogP contribution in [0.4, 0.5) is 17.1 Å². The minimum Gasteiger partial charge on any atom is -0.272 e. The Balaban J connectivity index is 1.64. The minimum atomic E-state index is -0.903. The van der Waals surface area contributed by atoms with E-state index in [1.54, 1.807) is 32.0 Å². The lowest BCUT2D eigenvalue weighted by atomic mass is 9.72. The van der Waals surface area contributed by atoms with Gasteiger partial charge in [0.15, 0.2) is 0 Å². The summed E-state index contributed by atoms with van der Waals surface area (Å²) in [5.41, 5.74) is 6.26. The van der Waals surface area contributed by atoms with Crippen molar-refractivity contribution in [1.29, 1.82) is 0 Å². The monoisotopic (exact) mass is 537 g/mol. The van der Waals surface area contributed by atoms with Crippen LogP contribution in [0.15, 0.2) is 70.9 Å². The molecule has 0 bridgehead atoms. The summed E-state index contributed by atoms with van der Waals surface area (Å²) in [5, 5.41) is 24.1. The number of anilines is 2. The molecule has 3 aromatic rings. The van der Waals surface area contributed by atoms with Gasteiger partial charge in [-0.15, -0.1) is 0 Å². The van der Waals surface area contributed by atoms with Gasteiger partial charge in [-0.3, -0.25) is 19.7 Å². The summed E-state index contributed by atoms with van der Waals surface area (Å²) in [6.45, 7) is 11.2. The van der Waals surface area contributed by atoms with Crippen LogP contribution in [0.2, 0.25) is 0 Å². The van der Waals surface area contributed by atoms with Gasteiger partial charge in [-0.25, -0.2) is 0 Å². The molecule has 0 saturated carbocycles. The summed E-state index contributed by atoms with van der Waals surface area (Å²) < 4.78 is 0. The third-order valence-corrected chi connectivity index (χ3v) is 7.74. The van der Waals surface area contributed by atoms with Gasteiger partial charge < -0.3 is 0 Å². The summed E-state index contributed by atoms with van der Waals surface area (Å²) in [4.78, 5) is 40.0. The fourth-order valence-corrected chi connectivity index (χ4v) is 5.90. The van der Waals surface area contributed by atoms with Crippen molar-refractivity contribution < 1.29 is 14.5 Å². The van der Waals surface area contributed by atoms with Gasteiger partial charge >= 0.3 is 0 Å². The maximum absolute atomic E-state index is 14.1. The lowest BCUT2D eigenvalue weighted by molar-refractivity contribution is -0.385. The molecule has 0 saturated heterocycles. The number of nitrogens with zero attached hydrogens (tertiary/aromatic N) is 5. The van der Waals surface area contributed by atoms with Crippen LogP contribution in [0.5, 0.6) is 0 Å². The summed E-state index contributed by atoms with van der Waals surface area (Å²) in [6.07, 6.45) is 0. The molecular weight excluding hydrogens is 506 g/mol. The molecule has 0 aliphatic carbocycles. The number of rotatable bonds is 6. The van der Waals surface area contributed by atoms with E-state index in [0.717, 1.165) is 22.3 Å². The molecule has 2 aliphatic rings. The third-order valence-electron chi connectivity index (χ3n) is 7.74. The van der Waals surface area contributed by atoms with Gasteiger partial charge in [0.2, 0.25) is 0 Å². The summed E-state index contributed by atoms with van der Waals surface area (Å²) in [6, 6.07) is 17.8. The minimum absolute atomic E-state index is 0.149. The van der Waals surface area contributed by atoms with Crippen molar-refractivity contribution in [3.05, 3.63) is 98.6 Å². The van der Waals surface area contributed by atoms with Crippen molar-refractivity contribution in [2.24, 2.45) is 22.0 Å². The lowest BCUT2D eigenvalue weighted by Crippen LogP contribution is -2.40. The molecule has 9 nitrogen and oxygen atoms in total. The molecule has 40 heavy (non-hydrogen) atoms.